The van der Waals surface area contributed by atoms with Crippen LogP contribution in [0.5, 0.6) is 5.75 Å². The number of benzene rings is 2. The third-order valence-corrected chi connectivity index (χ3v) is 3.39. The van der Waals surface area contributed by atoms with Crippen molar-refractivity contribution in [2.45, 2.75) is 33.3 Å². The molecule has 0 atom stereocenters. The van der Waals surface area contributed by atoms with Crippen molar-refractivity contribution in [2.75, 3.05) is 5.32 Å². The number of aromatic carboxylic acids is 1. The zero-order valence-corrected chi connectivity index (χ0v) is 14.0. The highest BCUT2D eigenvalue weighted by atomic mass is 16.5. The molecule has 0 aliphatic heterocycles. The van der Waals surface area contributed by atoms with Crippen LogP contribution in [0, 0.1) is 6.92 Å². The maximum absolute atomic E-state index is 12.1. The lowest BCUT2D eigenvalue weighted by molar-refractivity contribution is -0.115. The highest BCUT2D eigenvalue weighted by molar-refractivity contribution is 5.93. The first kappa shape index (κ1) is 17.5. The maximum Gasteiger partial charge on any atom is 0.335 e. The normalized spacial score (nSPS) is 10.5. The fourth-order valence-corrected chi connectivity index (χ4v) is 2.27. The molecule has 0 unspecified atom stereocenters. The summed E-state index contributed by atoms with van der Waals surface area (Å²) >= 11 is 0. The quantitative estimate of drug-likeness (QED) is 0.849. The Labute approximate surface area is 141 Å². The van der Waals surface area contributed by atoms with Crippen LogP contribution < -0.4 is 10.1 Å². The summed E-state index contributed by atoms with van der Waals surface area (Å²) in [5, 5.41) is 11.7. The summed E-state index contributed by atoms with van der Waals surface area (Å²) in [5.41, 5.74) is 2.62. The van der Waals surface area contributed by atoms with Gasteiger partial charge in [-0.15, -0.1) is 0 Å². The number of carboxylic acids is 1. The molecule has 0 saturated carbocycles. The first-order valence-corrected chi connectivity index (χ1v) is 7.74. The molecular formula is C19H21NO4. The minimum Gasteiger partial charge on any atom is -0.491 e. The predicted molar refractivity (Wildman–Crippen MR) is 92.7 cm³/mol. The van der Waals surface area contributed by atoms with E-state index in [0.717, 1.165) is 16.9 Å². The Kier molecular flexibility index (Phi) is 5.58. The van der Waals surface area contributed by atoms with Crippen molar-refractivity contribution in [1.29, 1.82) is 0 Å². The first-order valence-electron chi connectivity index (χ1n) is 7.74. The second-order valence-corrected chi connectivity index (χ2v) is 5.87. The van der Waals surface area contributed by atoms with Crippen LogP contribution in [-0.2, 0) is 11.2 Å². The number of amides is 1. The minimum atomic E-state index is -0.981. The fourth-order valence-electron chi connectivity index (χ4n) is 2.27. The van der Waals surface area contributed by atoms with Gasteiger partial charge in [0.1, 0.15) is 5.75 Å². The number of anilines is 1. The van der Waals surface area contributed by atoms with Gasteiger partial charge in [-0.05, 0) is 62.2 Å². The predicted octanol–water partition coefficient (Wildman–Crippen LogP) is 3.66. The van der Waals surface area contributed by atoms with E-state index in [9.17, 15) is 9.59 Å². The van der Waals surface area contributed by atoms with Crippen molar-refractivity contribution in [3.05, 3.63) is 59.2 Å². The molecular weight excluding hydrogens is 306 g/mol. The summed E-state index contributed by atoms with van der Waals surface area (Å²) in [4.78, 5) is 22.9. The molecule has 0 aromatic heterocycles. The van der Waals surface area contributed by atoms with Gasteiger partial charge in [0.2, 0.25) is 5.91 Å². The summed E-state index contributed by atoms with van der Waals surface area (Å²) in [6.07, 6.45) is 0.279. The Morgan fingerprint density at radius 2 is 1.79 bits per heavy atom. The number of hydrogen-bond donors (Lipinski definition) is 2. The molecule has 0 spiro atoms. The molecule has 0 saturated heterocycles. The van der Waals surface area contributed by atoms with Crippen molar-refractivity contribution in [3.8, 4) is 5.75 Å². The first-order chi connectivity index (χ1) is 11.3. The second kappa shape index (κ2) is 7.64. The van der Waals surface area contributed by atoms with Gasteiger partial charge in [-0.3, -0.25) is 4.79 Å². The van der Waals surface area contributed by atoms with Crippen LogP contribution in [0.4, 0.5) is 5.69 Å². The average Bonchev–Trinajstić information content (AvgIpc) is 2.50. The van der Waals surface area contributed by atoms with Gasteiger partial charge in [-0.1, -0.05) is 12.1 Å². The van der Waals surface area contributed by atoms with Gasteiger partial charge in [-0.25, -0.2) is 4.79 Å². The number of rotatable bonds is 6. The van der Waals surface area contributed by atoms with Gasteiger partial charge >= 0.3 is 5.97 Å². The number of nitrogens with one attached hydrogen (secondary N) is 1. The molecule has 5 heteroatoms. The molecule has 24 heavy (non-hydrogen) atoms. The SMILES string of the molecule is Cc1cc(NC(=O)Cc2ccc(C(=O)O)cc2)ccc1OC(C)C. The Hall–Kier alpha value is -2.82. The molecule has 0 bridgehead atoms. The van der Waals surface area contributed by atoms with Gasteiger partial charge in [0.25, 0.3) is 0 Å². The third-order valence-electron chi connectivity index (χ3n) is 3.39. The molecule has 2 aromatic carbocycles. The summed E-state index contributed by atoms with van der Waals surface area (Å²) in [6.45, 7) is 5.85. The van der Waals surface area contributed by atoms with Gasteiger partial charge in [-0.2, -0.15) is 0 Å². The van der Waals surface area contributed by atoms with E-state index in [1.54, 1.807) is 18.2 Å². The van der Waals surface area contributed by atoms with Crippen LogP contribution in [0.2, 0.25) is 0 Å². The van der Waals surface area contributed by atoms with E-state index in [2.05, 4.69) is 5.32 Å². The van der Waals surface area contributed by atoms with E-state index in [4.69, 9.17) is 9.84 Å². The Morgan fingerprint density at radius 3 is 2.33 bits per heavy atom. The van der Waals surface area contributed by atoms with Crippen molar-refractivity contribution < 1.29 is 19.4 Å². The van der Waals surface area contributed by atoms with Crippen molar-refractivity contribution in [3.63, 3.8) is 0 Å². The third kappa shape index (κ3) is 4.84. The van der Waals surface area contributed by atoms with E-state index >= 15 is 0 Å². The maximum atomic E-state index is 12.1. The van der Waals surface area contributed by atoms with Gasteiger partial charge in [0, 0.05) is 5.69 Å². The molecule has 0 heterocycles. The smallest absolute Gasteiger partial charge is 0.335 e. The number of carbonyl (C=O) groups excluding carboxylic acids is 1. The molecule has 0 fully saturated rings. The van der Waals surface area contributed by atoms with E-state index in [1.165, 1.54) is 12.1 Å². The Morgan fingerprint density at radius 1 is 1.12 bits per heavy atom. The van der Waals surface area contributed by atoms with E-state index < -0.39 is 5.97 Å². The van der Waals surface area contributed by atoms with Crippen LogP contribution in [0.1, 0.15) is 35.3 Å². The molecule has 1 amide bonds. The Bertz CT molecular complexity index is 736. The molecule has 126 valence electrons. The summed E-state index contributed by atoms with van der Waals surface area (Å²) in [6, 6.07) is 11.8. The number of ether oxygens (including phenoxy) is 1. The second-order valence-electron chi connectivity index (χ2n) is 5.87. The summed E-state index contributed by atoms with van der Waals surface area (Å²) in [5.74, 6) is -0.340. The summed E-state index contributed by atoms with van der Waals surface area (Å²) < 4.78 is 5.67. The van der Waals surface area contributed by atoms with Crippen LogP contribution >= 0.6 is 0 Å². The van der Waals surface area contributed by atoms with Crippen LogP contribution in [-0.4, -0.2) is 23.1 Å². The lowest BCUT2D eigenvalue weighted by atomic mass is 10.1. The molecule has 5 nitrogen and oxygen atoms in total. The number of carbonyl (C=O) groups is 2. The van der Waals surface area contributed by atoms with Crippen LogP contribution in [0.25, 0.3) is 0 Å². The zero-order chi connectivity index (χ0) is 17.7. The molecule has 2 aromatic rings. The zero-order valence-electron chi connectivity index (χ0n) is 14.0. The van der Waals surface area contributed by atoms with Crippen LogP contribution in [0.15, 0.2) is 42.5 Å². The largest absolute Gasteiger partial charge is 0.491 e. The van der Waals surface area contributed by atoms with Gasteiger partial charge in [0.05, 0.1) is 18.1 Å². The average molecular weight is 327 g/mol. The van der Waals surface area contributed by atoms with Crippen molar-refractivity contribution in [2.24, 2.45) is 0 Å². The highest BCUT2D eigenvalue weighted by Gasteiger charge is 2.08. The molecule has 2 rings (SSSR count). The number of hydrogen-bond acceptors (Lipinski definition) is 3. The van der Waals surface area contributed by atoms with E-state index in [1.807, 2.05) is 32.9 Å². The van der Waals surface area contributed by atoms with Gasteiger partial charge in [0.15, 0.2) is 0 Å². The molecule has 0 aliphatic rings. The fraction of sp³-hybridized carbons (Fsp3) is 0.263. The van der Waals surface area contributed by atoms with Gasteiger partial charge < -0.3 is 15.2 Å². The molecule has 2 N–H and O–H groups in total. The topological polar surface area (TPSA) is 75.6 Å². The number of aryl methyl sites for hydroxylation is 1. The molecule has 0 radical (unpaired) electrons. The monoisotopic (exact) mass is 327 g/mol. The van der Waals surface area contributed by atoms with E-state index in [0.29, 0.717) is 5.69 Å². The molecule has 0 aliphatic carbocycles. The van der Waals surface area contributed by atoms with Crippen LogP contribution in [0.3, 0.4) is 0 Å². The van der Waals surface area contributed by atoms with Crippen molar-refractivity contribution >= 4 is 17.6 Å². The lowest BCUT2D eigenvalue weighted by Gasteiger charge is -2.14. The van der Waals surface area contributed by atoms with Crippen molar-refractivity contribution in [1.82, 2.24) is 0 Å². The number of carboxylic acid groups (broad SMARTS) is 1. The standard InChI is InChI=1S/C19H21NO4/c1-12(2)24-17-9-8-16(10-13(17)3)20-18(21)11-14-4-6-15(7-5-14)19(22)23/h4-10,12H,11H2,1-3H3,(H,20,21)(H,22,23). The highest BCUT2D eigenvalue weighted by Crippen LogP contribution is 2.23. The Balaban J connectivity index is 1.99. The minimum absolute atomic E-state index is 0.0953. The summed E-state index contributed by atoms with van der Waals surface area (Å²) in [7, 11) is 0. The lowest BCUT2D eigenvalue weighted by Crippen LogP contribution is -2.15. The van der Waals surface area contributed by atoms with E-state index in [-0.39, 0.29) is 24.0 Å².